The summed E-state index contributed by atoms with van der Waals surface area (Å²) in [5, 5.41) is 0.161. The van der Waals surface area contributed by atoms with E-state index < -0.39 is 10.0 Å². The van der Waals surface area contributed by atoms with Crippen LogP contribution in [0.2, 0.25) is 5.15 Å². The third kappa shape index (κ3) is 3.25. The van der Waals surface area contributed by atoms with Gasteiger partial charge in [0.2, 0.25) is 5.95 Å². The first-order chi connectivity index (χ1) is 9.70. The molecular weight excluding hydrogens is 312 g/mol. The van der Waals surface area contributed by atoms with Gasteiger partial charge in [-0.1, -0.05) is 17.7 Å². The van der Waals surface area contributed by atoms with E-state index in [0.29, 0.717) is 11.3 Å². The highest BCUT2D eigenvalue weighted by Gasteiger charge is 2.22. The Morgan fingerprint density at radius 3 is 2.48 bits per heavy atom. The molecule has 0 aliphatic carbocycles. The van der Waals surface area contributed by atoms with E-state index in [0.717, 1.165) is 5.56 Å². The third-order valence-corrected chi connectivity index (χ3v) is 4.75. The molecule has 0 saturated carbocycles. The predicted molar refractivity (Wildman–Crippen MR) is 82.9 cm³/mol. The number of rotatable bonds is 3. The van der Waals surface area contributed by atoms with Gasteiger partial charge in [-0.3, -0.25) is 0 Å². The number of nitrogens with two attached hydrogens (primary N) is 1. The fourth-order valence-corrected chi connectivity index (χ4v) is 3.53. The van der Waals surface area contributed by atoms with Gasteiger partial charge < -0.3 is 5.73 Å². The van der Waals surface area contributed by atoms with E-state index in [2.05, 4.69) is 14.7 Å². The molecule has 0 amide bonds. The molecule has 1 aromatic heterocycles. The molecule has 0 bridgehead atoms. The SMILES string of the molecule is Cc1cc(Cl)nc(NS(=O)(=O)c2c(N)ccc(C)c2C)n1. The molecule has 0 fully saturated rings. The maximum Gasteiger partial charge on any atom is 0.266 e. The Hall–Kier alpha value is -1.86. The van der Waals surface area contributed by atoms with Crippen LogP contribution in [0.25, 0.3) is 0 Å². The van der Waals surface area contributed by atoms with Gasteiger partial charge in [-0.25, -0.2) is 23.1 Å². The second-order valence-electron chi connectivity index (χ2n) is 4.69. The van der Waals surface area contributed by atoms with Crippen molar-refractivity contribution < 1.29 is 8.42 Å². The van der Waals surface area contributed by atoms with Crippen molar-refractivity contribution in [2.24, 2.45) is 0 Å². The number of benzene rings is 1. The van der Waals surface area contributed by atoms with Crippen molar-refractivity contribution in [1.82, 2.24) is 9.97 Å². The van der Waals surface area contributed by atoms with Crippen molar-refractivity contribution in [2.75, 3.05) is 10.5 Å². The van der Waals surface area contributed by atoms with Gasteiger partial charge in [0.15, 0.2) is 0 Å². The van der Waals surface area contributed by atoms with Crippen LogP contribution in [0.1, 0.15) is 16.8 Å². The lowest BCUT2D eigenvalue weighted by atomic mass is 10.1. The average molecular weight is 327 g/mol. The van der Waals surface area contributed by atoms with Gasteiger partial charge in [0.1, 0.15) is 10.0 Å². The second-order valence-corrected chi connectivity index (χ2v) is 6.69. The molecule has 3 N–H and O–H groups in total. The summed E-state index contributed by atoms with van der Waals surface area (Å²) in [7, 11) is -3.89. The van der Waals surface area contributed by atoms with Crippen molar-refractivity contribution in [3.63, 3.8) is 0 Å². The number of nitrogens with one attached hydrogen (secondary N) is 1. The highest BCUT2D eigenvalue weighted by atomic mass is 35.5. The molecule has 0 atom stereocenters. The van der Waals surface area contributed by atoms with Crippen LogP contribution < -0.4 is 10.5 Å². The lowest BCUT2D eigenvalue weighted by Gasteiger charge is -2.13. The van der Waals surface area contributed by atoms with Gasteiger partial charge in [0.25, 0.3) is 10.0 Å². The van der Waals surface area contributed by atoms with E-state index >= 15 is 0 Å². The number of anilines is 2. The van der Waals surface area contributed by atoms with Gasteiger partial charge in [-0.05, 0) is 44.0 Å². The molecule has 0 spiro atoms. The predicted octanol–water partition coefficient (Wildman–Crippen LogP) is 2.44. The minimum atomic E-state index is -3.89. The summed E-state index contributed by atoms with van der Waals surface area (Å²) >= 11 is 5.80. The summed E-state index contributed by atoms with van der Waals surface area (Å²) < 4.78 is 27.3. The van der Waals surface area contributed by atoms with Crippen LogP contribution in [-0.4, -0.2) is 18.4 Å². The van der Waals surface area contributed by atoms with Crippen molar-refractivity contribution in [3.8, 4) is 0 Å². The first kappa shape index (κ1) is 15.5. The van der Waals surface area contributed by atoms with E-state index in [-0.39, 0.29) is 21.7 Å². The van der Waals surface area contributed by atoms with E-state index in [4.69, 9.17) is 17.3 Å². The Labute approximate surface area is 128 Å². The van der Waals surface area contributed by atoms with Gasteiger partial charge in [-0.2, -0.15) is 0 Å². The number of sulfonamides is 1. The zero-order valence-electron chi connectivity index (χ0n) is 11.8. The highest BCUT2D eigenvalue weighted by molar-refractivity contribution is 7.93. The molecule has 2 rings (SSSR count). The summed E-state index contributed by atoms with van der Waals surface area (Å²) in [6.45, 7) is 5.20. The zero-order chi connectivity index (χ0) is 15.8. The summed E-state index contributed by atoms with van der Waals surface area (Å²) in [4.78, 5) is 7.88. The monoisotopic (exact) mass is 326 g/mol. The minimum Gasteiger partial charge on any atom is -0.398 e. The molecular formula is C13H15ClN4O2S. The number of nitrogens with zero attached hydrogens (tertiary/aromatic N) is 2. The highest BCUT2D eigenvalue weighted by Crippen LogP contribution is 2.26. The number of hydrogen-bond acceptors (Lipinski definition) is 5. The molecule has 6 nitrogen and oxygen atoms in total. The van der Waals surface area contributed by atoms with Crippen molar-refractivity contribution in [1.29, 1.82) is 0 Å². The topological polar surface area (TPSA) is 98.0 Å². The fraction of sp³-hybridized carbons (Fsp3) is 0.231. The van der Waals surface area contributed by atoms with Crippen molar-refractivity contribution in [3.05, 3.63) is 40.2 Å². The molecule has 0 aliphatic rings. The van der Waals surface area contributed by atoms with Crippen molar-refractivity contribution in [2.45, 2.75) is 25.7 Å². The van der Waals surface area contributed by atoms with Crippen LogP contribution in [0.15, 0.2) is 23.1 Å². The summed E-state index contributed by atoms with van der Waals surface area (Å²) in [5.41, 5.74) is 7.94. The summed E-state index contributed by atoms with van der Waals surface area (Å²) in [6.07, 6.45) is 0. The van der Waals surface area contributed by atoms with E-state index in [1.54, 1.807) is 26.0 Å². The molecule has 1 heterocycles. The molecule has 1 aromatic carbocycles. The minimum absolute atomic E-state index is 0.0312. The standard InChI is InChI=1S/C13H15ClN4O2S/c1-7-4-5-10(15)12(9(7)3)21(19,20)18-13-16-8(2)6-11(14)17-13/h4-6H,15H2,1-3H3,(H,16,17,18). The zero-order valence-corrected chi connectivity index (χ0v) is 13.4. The molecule has 0 unspecified atom stereocenters. The Balaban J connectivity index is 2.51. The van der Waals surface area contributed by atoms with Crippen LogP contribution >= 0.6 is 11.6 Å². The lowest BCUT2D eigenvalue weighted by Crippen LogP contribution is -2.18. The van der Waals surface area contributed by atoms with Gasteiger partial charge in [0, 0.05) is 5.69 Å². The van der Waals surface area contributed by atoms with Gasteiger partial charge in [-0.15, -0.1) is 0 Å². The lowest BCUT2D eigenvalue weighted by molar-refractivity contribution is 0.600. The number of nitrogen functional groups attached to an aromatic ring is 1. The first-order valence-electron chi connectivity index (χ1n) is 6.10. The number of aryl methyl sites for hydroxylation is 2. The molecule has 2 aromatic rings. The molecule has 0 saturated heterocycles. The smallest absolute Gasteiger partial charge is 0.266 e. The number of hydrogen-bond donors (Lipinski definition) is 2. The van der Waals surface area contributed by atoms with Crippen LogP contribution in [0.3, 0.4) is 0 Å². The van der Waals surface area contributed by atoms with Gasteiger partial charge in [0.05, 0.1) is 5.69 Å². The van der Waals surface area contributed by atoms with E-state index in [1.165, 1.54) is 6.07 Å². The quantitative estimate of drug-likeness (QED) is 0.666. The second kappa shape index (κ2) is 5.50. The first-order valence-corrected chi connectivity index (χ1v) is 7.96. The van der Waals surface area contributed by atoms with Gasteiger partial charge >= 0.3 is 0 Å². The largest absolute Gasteiger partial charge is 0.398 e. The fourth-order valence-electron chi connectivity index (χ4n) is 1.91. The van der Waals surface area contributed by atoms with E-state index in [1.807, 2.05) is 6.92 Å². The Morgan fingerprint density at radius 2 is 1.86 bits per heavy atom. The number of halogens is 1. The van der Waals surface area contributed by atoms with Crippen molar-refractivity contribution >= 4 is 33.3 Å². The summed E-state index contributed by atoms with van der Waals surface area (Å²) in [5.74, 6) is -0.0830. The summed E-state index contributed by atoms with van der Waals surface area (Å²) in [6, 6.07) is 4.86. The molecule has 0 aliphatic heterocycles. The van der Waals surface area contributed by atoms with Crippen LogP contribution in [-0.2, 0) is 10.0 Å². The molecule has 112 valence electrons. The Bertz CT molecular complexity index is 786. The molecule has 8 heteroatoms. The van der Waals surface area contributed by atoms with E-state index in [9.17, 15) is 8.42 Å². The Kier molecular flexibility index (Phi) is 4.06. The Morgan fingerprint density at radius 1 is 1.19 bits per heavy atom. The normalized spacial score (nSPS) is 11.4. The molecule has 21 heavy (non-hydrogen) atoms. The maximum absolute atomic E-state index is 12.5. The van der Waals surface area contributed by atoms with Crippen LogP contribution in [0, 0.1) is 20.8 Å². The average Bonchev–Trinajstić information content (AvgIpc) is 2.32. The van der Waals surface area contributed by atoms with Crippen LogP contribution in [0.4, 0.5) is 11.6 Å². The number of aromatic nitrogens is 2. The molecule has 0 radical (unpaired) electrons. The van der Waals surface area contributed by atoms with Crippen LogP contribution in [0.5, 0.6) is 0 Å². The third-order valence-electron chi connectivity index (χ3n) is 3.02. The maximum atomic E-state index is 12.5.